The molecule has 0 radical (unpaired) electrons. The van der Waals surface area contributed by atoms with E-state index in [1.807, 2.05) is 13.0 Å². The van der Waals surface area contributed by atoms with Crippen LogP contribution >= 0.6 is 0 Å². The minimum Gasteiger partial charge on any atom is -0.319 e. The zero-order valence-electron chi connectivity index (χ0n) is 7.32. The van der Waals surface area contributed by atoms with Gasteiger partial charge >= 0.3 is 0 Å². The van der Waals surface area contributed by atoms with Crippen LogP contribution in [-0.4, -0.2) is 19.3 Å². The fourth-order valence-corrected chi connectivity index (χ4v) is 1.30. The van der Waals surface area contributed by atoms with E-state index < -0.39 is 11.2 Å². The molecule has 1 aliphatic rings. The van der Waals surface area contributed by atoms with Gasteiger partial charge in [-0.05, 0) is 20.0 Å². The summed E-state index contributed by atoms with van der Waals surface area (Å²) in [6, 6.07) is 0. The van der Waals surface area contributed by atoms with Gasteiger partial charge in [0.2, 0.25) is 0 Å². The van der Waals surface area contributed by atoms with Gasteiger partial charge in [-0.3, -0.25) is 0 Å². The first-order chi connectivity index (χ1) is 5.60. The van der Waals surface area contributed by atoms with Crippen LogP contribution in [0.5, 0.6) is 0 Å². The Morgan fingerprint density at radius 2 is 2.33 bits per heavy atom. The summed E-state index contributed by atoms with van der Waals surface area (Å²) in [5, 5.41) is 10.5. The van der Waals surface area contributed by atoms with Crippen molar-refractivity contribution in [1.82, 2.24) is 5.32 Å². The van der Waals surface area contributed by atoms with Crippen molar-refractivity contribution in [1.29, 1.82) is 5.41 Å². The van der Waals surface area contributed by atoms with Gasteiger partial charge in [0, 0.05) is 12.0 Å². The molecule has 0 aromatic carbocycles. The molecule has 0 heterocycles. The zero-order chi connectivity index (χ0) is 9.19. The maximum absolute atomic E-state index is 13.0. The number of nitrogens with one attached hydrogen (secondary N) is 2. The lowest BCUT2D eigenvalue weighted by Gasteiger charge is -2.27. The fraction of sp³-hybridized carbons (Fsp3) is 0.444. The Morgan fingerprint density at radius 3 is 2.92 bits per heavy atom. The van der Waals surface area contributed by atoms with Crippen molar-refractivity contribution in [3.8, 4) is 0 Å². The predicted octanol–water partition coefficient (Wildman–Crippen LogP) is 1.66. The van der Waals surface area contributed by atoms with Crippen LogP contribution in [0.3, 0.4) is 0 Å². The van der Waals surface area contributed by atoms with Gasteiger partial charge in [-0.15, -0.1) is 0 Å². The van der Waals surface area contributed by atoms with Crippen molar-refractivity contribution in [2.45, 2.75) is 6.92 Å². The second kappa shape index (κ2) is 3.19. The van der Waals surface area contributed by atoms with Gasteiger partial charge in [0.15, 0.2) is 0 Å². The molecule has 1 rings (SSSR count). The number of hydrogen-bond donors (Lipinski definition) is 2. The molecule has 0 spiro atoms. The minimum absolute atomic E-state index is 0.0550. The average molecular weight is 168 g/mol. The number of rotatable bonds is 2. The van der Waals surface area contributed by atoms with E-state index in [2.05, 4.69) is 5.32 Å². The molecule has 0 amide bonds. The summed E-state index contributed by atoms with van der Waals surface area (Å²) in [5.74, 6) is -0.435. The van der Waals surface area contributed by atoms with Crippen molar-refractivity contribution >= 4 is 5.71 Å². The fourth-order valence-electron chi connectivity index (χ4n) is 1.30. The van der Waals surface area contributed by atoms with E-state index in [9.17, 15) is 4.39 Å². The second-order valence-electron chi connectivity index (χ2n) is 3.20. The number of halogens is 1. The normalized spacial score (nSPS) is 28.9. The van der Waals surface area contributed by atoms with Crippen molar-refractivity contribution in [2.75, 3.05) is 13.6 Å². The highest BCUT2D eigenvalue weighted by Crippen LogP contribution is 2.27. The maximum atomic E-state index is 13.0. The molecule has 0 saturated carbocycles. The second-order valence-corrected chi connectivity index (χ2v) is 3.20. The van der Waals surface area contributed by atoms with E-state index in [0.717, 1.165) is 0 Å². The first-order valence-corrected chi connectivity index (χ1v) is 3.89. The summed E-state index contributed by atoms with van der Waals surface area (Å²) in [6.07, 6.45) is 4.82. The van der Waals surface area contributed by atoms with Gasteiger partial charge < -0.3 is 10.7 Å². The Labute approximate surface area is 71.7 Å². The Morgan fingerprint density at radius 1 is 1.67 bits per heavy atom. The lowest BCUT2D eigenvalue weighted by molar-refractivity contribution is 0.525. The lowest BCUT2D eigenvalue weighted by Crippen LogP contribution is -2.36. The maximum Gasteiger partial charge on any atom is 0.144 e. The molecule has 66 valence electrons. The van der Waals surface area contributed by atoms with Gasteiger partial charge in [-0.1, -0.05) is 12.2 Å². The van der Waals surface area contributed by atoms with Crippen LogP contribution in [0.15, 0.2) is 24.1 Å². The Bertz CT molecular complexity index is 255. The largest absolute Gasteiger partial charge is 0.319 e. The quantitative estimate of drug-likeness (QED) is 0.646. The standard InChI is InChI=1S/C9H13FN2/c1-9(6-12-2)5-3-4-7(10)8(9)11/h3-5,11-12H,6H2,1-2H3. The van der Waals surface area contributed by atoms with Crippen LogP contribution in [0.4, 0.5) is 4.39 Å². The molecule has 0 aliphatic heterocycles. The third kappa shape index (κ3) is 1.46. The van der Waals surface area contributed by atoms with Crippen LogP contribution < -0.4 is 5.32 Å². The summed E-state index contributed by atoms with van der Waals surface area (Å²) in [4.78, 5) is 0. The summed E-state index contributed by atoms with van der Waals surface area (Å²) in [5.41, 5.74) is -0.438. The molecule has 3 heteroatoms. The molecule has 1 unspecified atom stereocenters. The topological polar surface area (TPSA) is 35.9 Å². The van der Waals surface area contributed by atoms with Gasteiger partial charge in [0.05, 0.1) is 5.71 Å². The van der Waals surface area contributed by atoms with E-state index in [-0.39, 0.29) is 5.71 Å². The smallest absolute Gasteiger partial charge is 0.144 e. The van der Waals surface area contributed by atoms with Crippen molar-refractivity contribution in [2.24, 2.45) is 5.41 Å². The molecule has 12 heavy (non-hydrogen) atoms. The van der Waals surface area contributed by atoms with Crippen LogP contribution in [0, 0.1) is 10.8 Å². The molecule has 0 fully saturated rings. The SMILES string of the molecule is CNCC1(C)C=CC=C(F)C1=N. The molecule has 2 N–H and O–H groups in total. The average Bonchev–Trinajstić information content (AvgIpc) is 2.01. The van der Waals surface area contributed by atoms with E-state index in [1.165, 1.54) is 6.08 Å². The monoisotopic (exact) mass is 168 g/mol. The highest BCUT2D eigenvalue weighted by Gasteiger charge is 2.30. The molecule has 0 aromatic heterocycles. The first-order valence-electron chi connectivity index (χ1n) is 3.89. The molecular formula is C9H13FN2. The third-order valence-electron chi connectivity index (χ3n) is 2.06. The summed E-state index contributed by atoms with van der Waals surface area (Å²) < 4.78 is 13.0. The number of hydrogen-bond acceptors (Lipinski definition) is 2. The van der Waals surface area contributed by atoms with Gasteiger partial charge in [-0.25, -0.2) is 4.39 Å². The van der Waals surface area contributed by atoms with Crippen molar-refractivity contribution in [3.63, 3.8) is 0 Å². The Hall–Kier alpha value is -0.960. The van der Waals surface area contributed by atoms with E-state index in [0.29, 0.717) is 6.54 Å². The van der Waals surface area contributed by atoms with Crippen LogP contribution in [0.25, 0.3) is 0 Å². The summed E-state index contributed by atoms with van der Waals surface area (Å²) >= 11 is 0. The van der Waals surface area contributed by atoms with Gasteiger partial charge in [-0.2, -0.15) is 0 Å². The van der Waals surface area contributed by atoms with Crippen LogP contribution in [-0.2, 0) is 0 Å². The predicted molar refractivity (Wildman–Crippen MR) is 48.1 cm³/mol. The lowest BCUT2D eigenvalue weighted by atomic mass is 9.81. The van der Waals surface area contributed by atoms with E-state index in [4.69, 9.17) is 5.41 Å². The minimum atomic E-state index is -0.492. The molecule has 0 saturated heterocycles. The summed E-state index contributed by atoms with van der Waals surface area (Å²) in [6.45, 7) is 2.43. The molecule has 2 nitrogen and oxygen atoms in total. The van der Waals surface area contributed by atoms with Gasteiger partial charge in [0.1, 0.15) is 5.83 Å². The first kappa shape index (κ1) is 9.13. The van der Waals surface area contributed by atoms with Gasteiger partial charge in [0.25, 0.3) is 0 Å². The molecule has 0 aromatic rings. The van der Waals surface area contributed by atoms with Crippen molar-refractivity contribution < 1.29 is 4.39 Å². The summed E-state index contributed by atoms with van der Waals surface area (Å²) in [7, 11) is 1.79. The zero-order valence-corrected chi connectivity index (χ0v) is 7.32. The third-order valence-corrected chi connectivity index (χ3v) is 2.06. The highest BCUT2D eigenvalue weighted by molar-refractivity contribution is 6.02. The van der Waals surface area contributed by atoms with Crippen LogP contribution in [0.2, 0.25) is 0 Å². The van der Waals surface area contributed by atoms with E-state index >= 15 is 0 Å². The molecular weight excluding hydrogens is 155 g/mol. The number of allylic oxidation sites excluding steroid dienone is 3. The molecule has 1 aliphatic carbocycles. The Balaban J connectivity index is 2.88. The molecule has 1 atom stereocenters. The van der Waals surface area contributed by atoms with E-state index in [1.54, 1.807) is 13.1 Å². The van der Waals surface area contributed by atoms with Crippen molar-refractivity contribution in [3.05, 3.63) is 24.1 Å². The van der Waals surface area contributed by atoms with Crippen LogP contribution in [0.1, 0.15) is 6.92 Å². The molecule has 0 bridgehead atoms. The Kier molecular flexibility index (Phi) is 2.43. The highest BCUT2D eigenvalue weighted by atomic mass is 19.1.